The average molecular weight is 904 g/mol. The molecule has 0 unspecified atom stereocenters. The first-order valence-electron chi connectivity index (χ1n) is 24.0. The van der Waals surface area contributed by atoms with Gasteiger partial charge < -0.3 is 5.11 Å². The molecule has 0 saturated carbocycles. The number of aromatic nitrogens is 3. The molecule has 70 heavy (non-hydrogen) atoms. The molecule has 2 aromatic heterocycles. The zero-order valence-corrected chi connectivity index (χ0v) is 39.9. The van der Waals surface area contributed by atoms with Gasteiger partial charge >= 0.3 is 0 Å². The van der Waals surface area contributed by atoms with E-state index in [2.05, 4.69) is 245 Å². The molecule has 0 saturated heterocycles. The molecule has 1 N–H and O–H groups in total. The molecule has 4 nitrogen and oxygen atoms in total. The number of hydrogen-bond acceptors (Lipinski definition) is 3. The third kappa shape index (κ3) is 8.18. The highest BCUT2D eigenvalue weighted by Gasteiger charge is 2.31. The van der Waals surface area contributed by atoms with Gasteiger partial charge in [0, 0.05) is 28.3 Å². The van der Waals surface area contributed by atoms with Crippen LogP contribution in [-0.4, -0.2) is 19.6 Å². The van der Waals surface area contributed by atoms with Crippen molar-refractivity contribution in [1.29, 1.82) is 0 Å². The lowest BCUT2D eigenvalue weighted by Crippen LogP contribution is -2.25. The number of pyridine rings is 1. The summed E-state index contributed by atoms with van der Waals surface area (Å²) in [5.74, 6) is 0.831. The molecule has 338 valence electrons. The number of phenols is 1. The maximum absolute atomic E-state index is 11.5. The number of benzene rings is 9. The molecule has 0 aliphatic heterocycles. The largest absolute Gasteiger partial charge is 0.507 e. The molecule has 2 heterocycles. The van der Waals surface area contributed by atoms with Crippen LogP contribution in [0.3, 0.4) is 0 Å². The molecule has 0 spiro atoms. The van der Waals surface area contributed by atoms with E-state index in [4.69, 9.17) is 9.97 Å². The molecule has 0 radical (unpaired) electrons. The topological polar surface area (TPSA) is 50.9 Å². The molecular weight excluding hydrogens is 851 g/mol. The van der Waals surface area contributed by atoms with Crippen molar-refractivity contribution in [3.05, 3.63) is 265 Å². The highest BCUT2D eigenvalue weighted by atomic mass is 16.3. The Morgan fingerprint density at radius 3 is 1.59 bits per heavy atom. The minimum absolute atomic E-state index is 0.0690. The van der Waals surface area contributed by atoms with Crippen molar-refractivity contribution in [2.24, 2.45) is 0 Å². The number of fused-ring (bicyclic) bond motifs is 1. The second-order valence-electron chi connectivity index (χ2n) is 19.3. The maximum atomic E-state index is 11.5. The summed E-state index contributed by atoms with van der Waals surface area (Å²) in [4.78, 5) is 10.5. The number of phenolic OH excluding ortho intramolecular Hbond substituents is 1. The SMILES string of the molecule is CC(C)(C)c1ccc(-n2c(-c3ccccc3O)nc3c(-c4cc(-c5ccccc5)cc(-c5cc(-c6ccc(C(C)(c7ccccc7)c7ccccc7)cc6)ccn5)c4)cccc32)c(-c2ccccc2)c1. The Morgan fingerprint density at radius 1 is 0.386 bits per heavy atom. The van der Waals surface area contributed by atoms with E-state index in [1.54, 1.807) is 6.07 Å². The quantitative estimate of drug-likeness (QED) is 0.139. The molecule has 0 amide bonds. The van der Waals surface area contributed by atoms with Crippen molar-refractivity contribution in [3.8, 4) is 78.6 Å². The number of nitrogens with zero attached hydrogens (tertiary/aromatic N) is 3. The highest BCUT2D eigenvalue weighted by Crippen LogP contribution is 2.43. The summed E-state index contributed by atoms with van der Waals surface area (Å²) in [6.07, 6.45) is 1.92. The minimum atomic E-state index is -0.333. The Labute approximate surface area is 410 Å². The fourth-order valence-corrected chi connectivity index (χ4v) is 10.0. The van der Waals surface area contributed by atoms with E-state index in [-0.39, 0.29) is 16.6 Å². The maximum Gasteiger partial charge on any atom is 0.149 e. The first-order valence-corrected chi connectivity index (χ1v) is 24.0. The Kier molecular flexibility index (Phi) is 11.4. The van der Waals surface area contributed by atoms with Gasteiger partial charge in [-0.3, -0.25) is 9.55 Å². The van der Waals surface area contributed by atoms with Crippen LogP contribution in [0.25, 0.3) is 83.9 Å². The summed E-state index contributed by atoms with van der Waals surface area (Å²) < 4.78 is 2.23. The Balaban J connectivity index is 1.06. The predicted octanol–water partition coefficient (Wildman–Crippen LogP) is 16.8. The standard InChI is InChI=1S/C66H53N3O/c1-65(2,3)55-36-37-60(58(44-55)47-22-11-6-12-23-47)69-61-30-19-29-56(63(61)68-64(69)57-28-17-18-31-62(57)70)50-40-49(45-20-9-5-10-21-45)41-51(42-50)59-43-48(38-39-67-59)46-32-34-54(35-33-46)66(4,52-24-13-7-14-25-52)53-26-15-8-16-27-53/h5-44,70H,1-4H3. The van der Waals surface area contributed by atoms with Crippen LogP contribution in [-0.2, 0) is 10.8 Å². The van der Waals surface area contributed by atoms with Gasteiger partial charge in [0.2, 0.25) is 0 Å². The fourth-order valence-electron chi connectivity index (χ4n) is 10.0. The van der Waals surface area contributed by atoms with E-state index in [1.807, 2.05) is 24.4 Å². The minimum Gasteiger partial charge on any atom is -0.507 e. The van der Waals surface area contributed by atoms with Crippen molar-refractivity contribution in [1.82, 2.24) is 14.5 Å². The molecule has 0 aliphatic rings. The van der Waals surface area contributed by atoms with Gasteiger partial charge in [0.1, 0.15) is 11.6 Å². The third-order valence-electron chi connectivity index (χ3n) is 13.9. The normalized spacial score (nSPS) is 11.8. The molecule has 9 aromatic carbocycles. The number of para-hydroxylation sites is 2. The molecule has 0 atom stereocenters. The molecular formula is C66H53N3O. The van der Waals surface area contributed by atoms with E-state index >= 15 is 0 Å². The van der Waals surface area contributed by atoms with E-state index in [0.717, 1.165) is 72.5 Å². The molecule has 0 aliphatic carbocycles. The summed E-state index contributed by atoms with van der Waals surface area (Å²) in [5, 5.41) is 11.5. The van der Waals surface area contributed by atoms with E-state index in [9.17, 15) is 5.11 Å². The number of rotatable bonds is 10. The van der Waals surface area contributed by atoms with Gasteiger partial charge in [-0.15, -0.1) is 0 Å². The average Bonchev–Trinajstić information content (AvgIpc) is 3.81. The summed E-state index contributed by atoms with van der Waals surface area (Å²) in [6, 6.07) is 83.4. The number of hydrogen-bond donors (Lipinski definition) is 1. The van der Waals surface area contributed by atoms with Gasteiger partial charge in [-0.05, 0) is 129 Å². The first kappa shape index (κ1) is 43.9. The lowest BCUT2D eigenvalue weighted by Gasteiger charge is -2.32. The summed E-state index contributed by atoms with van der Waals surface area (Å²) in [7, 11) is 0. The smallest absolute Gasteiger partial charge is 0.149 e. The van der Waals surface area contributed by atoms with Crippen LogP contribution in [0.15, 0.2) is 243 Å². The lowest BCUT2D eigenvalue weighted by molar-refractivity contribution is 0.477. The van der Waals surface area contributed by atoms with Crippen LogP contribution in [0.4, 0.5) is 0 Å². The van der Waals surface area contributed by atoms with Crippen LogP contribution in [0.1, 0.15) is 49.9 Å². The van der Waals surface area contributed by atoms with Crippen LogP contribution in [0.2, 0.25) is 0 Å². The van der Waals surface area contributed by atoms with Crippen molar-refractivity contribution >= 4 is 11.0 Å². The lowest BCUT2D eigenvalue weighted by atomic mass is 9.71. The second-order valence-corrected chi connectivity index (χ2v) is 19.3. The van der Waals surface area contributed by atoms with Crippen LogP contribution >= 0.6 is 0 Å². The molecule has 11 rings (SSSR count). The van der Waals surface area contributed by atoms with Crippen molar-refractivity contribution in [3.63, 3.8) is 0 Å². The van der Waals surface area contributed by atoms with Gasteiger partial charge in [0.05, 0.1) is 28.0 Å². The monoisotopic (exact) mass is 903 g/mol. The van der Waals surface area contributed by atoms with Crippen LogP contribution in [0.5, 0.6) is 5.75 Å². The van der Waals surface area contributed by atoms with E-state index in [1.165, 1.54) is 22.3 Å². The van der Waals surface area contributed by atoms with Gasteiger partial charge in [0.15, 0.2) is 0 Å². The molecule has 4 heteroatoms. The zero-order chi connectivity index (χ0) is 47.8. The van der Waals surface area contributed by atoms with Crippen LogP contribution < -0.4 is 0 Å². The number of aromatic hydroxyl groups is 1. The third-order valence-corrected chi connectivity index (χ3v) is 13.9. The number of imidazole rings is 1. The first-order chi connectivity index (χ1) is 34.1. The van der Waals surface area contributed by atoms with Crippen molar-refractivity contribution in [2.75, 3.05) is 0 Å². The van der Waals surface area contributed by atoms with Crippen molar-refractivity contribution < 1.29 is 5.11 Å². The van der Waals surface area contributed by atoms with Crippen LogP contribution in [0, 0.1) is 0 Å². The van der Waals surface area contributed by atoms with Gasteiger partial charge in [0.25, 0.3) is 0 Å². The Hall–Kier alpha value is -8.60. The molecule has 0 bridgehead atoms. The van der Waals surface area contributed by atoms with Gasteiger partial charge in [-0.25, -0.2) is 4.98 Å². The van der Waals surface area contributed by atoms with Crippen molar-refractivity contribution in [2.45, 2.75) is 38.5 Å². The van der Waals surface area contributed by atoms with E-state index in [0.29, 0.717) is 11.4 Å². The Bertz CT molecular complexity index is 3590. The highest BCUT2D eigenvalue weighted by molar-refractivity contribution is 5.98. The zero-order valence-electron chi connectivity index (χ0n) is 39.9. The summed E-state index contributed by atoms with van der Waals surface area (Å²) in [5.41, 5.74) is 18.4. The molecule has 0 fully saturated rings. The fraction of sp³-hybridized carbons (Fsp3) is 0.0909. The van der Waals surface area contributed by atoms with Gasteiger partial charge in [-0.2, -0.15) is 0 Å². The summed E-state index contributed by atoms with van der Waals surface area (Å²) >= 11 is 0. The second kappa shape index (κ2) is 18.1. The Morgan fingerprint density at radius 2 is 0.929 bits per heavy atom. The van der Waals surface area contributed by atoms with Gasteiger partial charge in [-0.1, -0.05) is 197 Å². The predicted molar refractivity (Wildman–Crippen MR) is 290 cm³/mol. The summed E-state index contributed by atoms with van der Waals surface area (Å²) in [6.45, 7) is 9.06. The molecule has 11 aromatic rings. The van der Waals surface area contributed by atoms with E-state index < -0.39 is 0 Å².